The molecule has 3 N–H and O–H groups in total. The number of thiophene rings is 1. The zero-order chi connectivity index (χ0) is 14.0. The molecule has 0 aromatic carbocycles. The summed E-state index contributed by atoms with van der Waals surface area (Å²) in [7, 11) is 0. The van der Waals surface area contributed by atoms with Gasteiger partial charge in [-0.15, -0.1) is 11.3 Å². The highest BCUT2D eigenvalue weighted by atomic mass is 32.1. The van der Waals surface area contributed by atoms with Crippen LogP contribution < -0.4 is 11.1 Å². The summed E-state index contributed by atoms with van der Waals surface area (Å²) in [5.41, 5.74) is 7.07. The van der Waals surface area contributed by atoms with Crippen molar-refractivity contribution in [3.05, 3.63) is 16.0 Å². The maximum atomic E-state index is 11.9. The summed E-state index contributed by atoms with van der Waals surface area (Å²) in [6.07, 6.45) is 4.57. The molecule has 1 aliphatic carbocycles. The Hall–Kier alpha value is -1.36. The number of nitrogens with one attached hydrogen (secondary N) is 1. The lowest BCUT2D eigenvalue weighted by atomic mass is 9.95. The summed E-state index contributed by atoms with van der Waals surface area (Å²) in [6, 6.07) is 0. The lowest BCUT2D eigenvalue weighted by molar-refractivity contribution is -0.116. The summed E-state index contributed by atoms with van der Waals surface area (Å²) < 4.78 is 0. The number of aryl methyl sites for hydroxylation is 1. The number of carbonyl (C=O) groups is 2. The molecule has 1 aromatic heterocycles. The van der Waals surface area contributed by atoms with E-state index in [1.807, 2.05) is 13.8 Å². The Kier molecular flexibility index (Phi) is 4.24. The Bertz CT molecular complexity index is 506. The number of amides is 2. The van der Waals surface area contributed by atoms with Crippen LogP contribution in [-0.4, -0.2) is 11.8 Å². The molecule has 4 nitrogen and oxygen atoms in total. The first-order chi connectivity index (χ1) is 8.99. The minimum absolute atomic E-state index is 0.0453. The van der Waals surface area contributed by atoms with Gasteiger partial charge in [-0.1, -0.05) is 13.8 Å². The molecule has 2 rings (SSSR count). The van der Waals surface area contributed by atoms with Gasteiger partial charge in [0.25, 0.3) is 5.91 Å². The van der Waals surface area contributed by atoms with Crippen molar-refractivity contribution in [2.45, 2.75) is 46.0 Å². The van der Waals surface area contributed by atoms with E-state index in [1.165, 1.54) is 16.2 Å². The minimum atomic E-state index is -0.431. The van der Waals surface area contributed by atoms with Gasteiger partial charge in [0.05, 0.1) is 5.56 Å². The number of carbonyl (C=O) groups excluding carboxylic acids is 2. The van der Waals surface area contributed by atoms with Gasteiger partial charge in [-0.2, -0.15) is 0 Å². The van der Waals surface area contributed by atoms with Crippen LogP contribution in [0, 0.1) is 5.92 Å². The number of rotatable bonds is 4. The lowest BCUT2D eigenvalue weighted by Gasteiger charge is -2.11. The Morgan fingerprint density at radius 1 is 1.32 bits per heavy atom. The molecule has 0 fully saturated rings. The highest BCUT2D eigenvalue weighted by Gasteiger charge is 2.24. The molecule has 1 heterocycles. The first-order valence-electron chi connectivity index (χ1n) is 6.73. The number of hydrogen-bond donors (Lipinski definition) is 2. The normalized spacial score (nSPS) is 14.3. The predicted molar refractivity (Wildman–Crippen MR) is 77.6 cm³/mol. The van der Waals surface area contributed by atoms with Gasteiger partial charge in [-0.3, -0.25) is 9.59 Å². The zero-order valence-corrected chi connectivity index (χ0v) is 12.2. The van der Waals surface area contributed by atoms with Crippen molar-refractivity contribution < 1.29 is 9.59 Å². The molecule has 0 aliphatic heterocycles. The summed E-state index contributed by atoms with van der Waals surface area (Å²) in [4.78, 5) is 24.7. The van der Waals surface area contributed by atoms with Crippen LogP contribution in [-0.2, 0) is 17.6 Å². The molecule has 19 heavy (non-hydrogen) atoms. The SMILES string of the molecule is CC(C)CC(=O)Nc1sc2c(c1C(N)=O)CCCC2. The molecule has 1 aromatic rings. The lowest BCUT2D eigenvalue weighted by Crippen LogP contribution is -2.19. The van der Waals surface area contributed by atoms with E-state index in [0.717, 1.165) is 31.2 Å². The van der Waals surface area contributed by atoms with Gasteiger partial charge in [0, 0.05) is 11.3 Å². The number of anilines is 1. The van der Waals surface area contributed by atoms with Gasteiger partial charge in [-0.05, 0) is 37.2 Å². The maximum absolute atomic E-state index is 11.9. The molecule has 0 bridgehead atoms. The fourth-order valence-corrected chi connectivity index (χ4v) is 3.77. The molecule has 0 radical (unpaired) electrons. The Balaban J connectivity index is 2.27. The molecule has 0 saturated heterocycles. The van der Waals surface area contributed by atoms with Gasteiger partial charge >= 0.3 is 0 Å². The largest absolute Gasteiger partial charge is 0.365 e. The predicted octanol–water partition coefficient (Wildman–Crippen LogP) is 2.71. The van der Waals surface area contributed by atoms with Crippen molar-refractivity contribution in [3.63, 3.8) is 0 Å². The van der Waals surface area contributed by atoms with Crippen molar-refractivity contribution in [1.29, 1.82) is 0 Å². The van der Waals surface area contributed by atoms with E-state index in [1.54, 1.807) is 0 Å². The van der Waals surface area contributed by atoms with Crippen LogP contribution in [0.1, 0.15) is 53.9 Å². The Morgan fingerprint density at radius 2 is 2.00 bits per heavy atom. The Labute approximate surface area is 117 Å². The van der Waals surface area contributed by atoms with Crippen molar-refractivity contribution in [2.24, 2.45) is 11.7 Å². The molecule has 2 amide bonds. The maximum Gasteiger partial charge on any atom is 0.251 e. The average Bonchev–Trinajstić information content (AvgIpc) is 2.64. The van der Waals surface area contributed by atoms with E-state index < -0.39 is 5.91 Å². The monoisotopic (exact) mass is 280 g/mol. The van der Waals surface area contributed by atoms with E-state index in [9.17, 15) is 9.59 Å². The number of hydrogen-bond acceptors (Lipinski definition) is 3. The smallest absolute Gasteiger partial charge is 0.251 e. The topological polar surface area (TPSA) is 72.2 Å². The second-order valence-corrected chi connectivity index (χ2v) is 6.53. The molecule has 5 heteroatoms. The molecule has 0 unspecified atom stereocenters. The number of nitrogens with two attached hydrogens (primary N) is 1. The second-order valence-electron chi connectivity index (χ2n) is 5.43. The third kappa shape index (κ3) is 3.15. The summed E-state index contributed by atoms with van der Waals surface area (Å²) in [6.45, 7) is 3.99. The molecule has 0 spiro atoms. The number of primary amides is 1. The summed E-state index contributed by atoms with van der Waals surface area (Å²) in [5, 5.41) is 3.50. The van der Waals surface area contributed by atoms with Crippen molar-refractivity contribution >= 4 is 28.2 Å². The molecule has 0 saturated carbocycles. The molecular formula is C14H20N2O2S. The van der Waals surface area contributed by atoms with Crippen LogP contribution in [0.5, 0.6) is 0 Å². The van der Waals surface area contributed by atoms with E-state index in [2.05, 4.69) is 5.32 Å². The quantitative estimate of drug-likeness (QED) is 0.890. The first-order valence-corrected chi connectivity index (χ1v) is 7.55. The van der Waals surface area contributed by atoms with Gasteiger partial charge in [0.2, 0.25) is 5.91 Å². The average molecular weight is 280 g/mol. The minimum Gasteiger partial charge on any atom is -0.365 e. The zero-order valence-electron chi connectivity index (χ0n) is 11.4. The van der Waals surface area contributed by atoms with Crippen LogP contribution in [0.4, 0.5) is 5.00 Å². The summed E-state index contributed by atoms with van der Waals surface area (Å²) >= 11 is 1.51. The van der Waals surface area contributed by atoms with Crippen LogP contribution >= 0.6 is 11.3 Å². The fraction of sp³-hybridized carbons (Fsp3) is 0.571. The summed E-state index contributed by atoms with van der Waals surface area (Å²) in [5.74, 6) is -0.179. The molecule has 1 aliphatic rings. The second kappa shape index (κ2) is 5.74. The van der Waals surface area contributed by atoms with Gasteiger partial charge < -0.3 is 11.1 Å². The van der Waals surface area contributed by atoms with Crippen LogP contribution in [0.3, 0.4) is 0 Å². The standard InChI is InChI=1S/C14H20N2O2S/c1-8(2)7-11(17)16-14-12(13(15)18)9-5-3-4-6-10(9)19-14/h8H,3-7H2,1-2H3,(H2,15,18)(H,16,17). The molecular weight excluding hydrogens is 260 g/mol. The van der Waals surface area contributed by atoms with Crippen LogP contribution in [0.25, 0.3) is 0 Å². The van der Waals surface area contributed by atoms with Crippen molar-refractivity contribution in [2.75, 3.05) is 5.32 Å². The highest BCUT2D eigenvalue weighted by molar-refractivity contribution is 7.17. The highest BCUT2D eigenvalue weighted by Crippen LogP contribution is 2.37. The van der Waals surface area contributed by atoms with Crippen LogP contribution in [0.2, 0.25) is 0 Å². The van der Waals surface area contributed by atoms with E-state index in [-0.39, 0.29) is 5.91 Å². The van der Waals surface area contributed by atoms with Gasteiger partial charge in [-0.25, -0.2) is 0 Å². The van der Waals surface area contributed by atoms with E-state index >= 15 is 0 Å². The van der Waals surface area contributed by atoms with Gasteiger partial charge in [0.1, 0.15) is 5.00 Å². The third-order valence-corrected chi connectivity index (χ3v) is 4.47. The van der Waals surface area contributed by atoms with E-state index in [0.29, 0.717) is 22.9 Å². The van der Waals surface area contributed by atoms with Crippen LogP contribution in [0.15, 0.2) is 0 Å². The van der Waals surface area contributed by atoms with Crippen molar-refractivity contribution in [3.8, 4) is 0 Å². The third-order valence-electron chi connectivity index (χ3n) is 3.26. The van der Waals surface area contributed by atoms with Gasteiger partial charge in [0.15, 0.2) is 0 Å². The van der Waals surface area contributed by atoms with E-state index in [4.69, 9.17) is 5.73 Å². The molecule has 0 atom stereocenters. The number of fused-ring (bicyclic) bond motifs is 1. The Morgan fingerprint density at radius 3 is 2.63 bits per heavy atom. The fourth-order valence-electron chi connectivity index (χ4n) is 2.46. The molecule has 104 valence electrons. The van der Waals surface area contributed by atoms with Crippen molar-refractivity contribution in [1.82, 2.24) is 0 Å². The first kappa shape index (κ1) is 14.1.